The van der Waals surface area contributed by atoms with Crippen molar-refractivity contribution >= 4 is 5.78 Å². The predicted molar refractivity (Wildman–Crippen MR) is 85.9 cm³/mol. The van der Waals surface area contributed by atoms with Crippen molar-refractivity contribution in [2.24, 2.45) is 0 Å². The number of rotatable bonds is 5. The maximum absolute atomic E-state index is 13.1. The van der Waals surface area contributed by atoms with E-state index in [0.29, 0.717) is 32.0 Å². The smallest absolute Gasteiger partial charge is 0.194 e. The number of morpholine rings is 2. The molecule has 0 amide bonds. The lowest BCUT2D eigenvalue weighted by Gasteiger charge is -2.41. The van der Waals surface area contributed by atoms with Gasteiger partial charge in [0.15, 0.2) is 5.78 Å². The van der Waals surface area contributed by atoms with Gasteiger partial charge in [-0.25, -0.2) is 0 Å². The maximum atomic E-state index is 13.1. The summed E-state index contributed by atoms with van der Waals surface area (Å²) in [5.74, 6) is 0.896. The van der Waals surface area contributed by atoms with E-state index in [4.69, 9.17) is 14.2 Å². The van der Waals surface area contributed by atoms with Gasteiger partial charge in [-0.1, -0.05) is 0 Å². The summed E-state index contributed by atoms with van der Waals surface area (Å²) in [5.41, 5.74) is 0.716. The molecule has 0 N–H and O–H groups in total. The van der Waals surface area contributed by atoms with Gasteiger partial charge >= 0.3 is 0 Å². The van der Waals surface area contributed by atoms with Crippen molar-refractivity contribution in [3.8, 4) is 5.75 Å². The number of carbonyl (C=O) groups is 1. The Labute approximate surface area is 136 Å². The number of nitrogens with zero attached hydrogens (tertiary/aromatic N) is 2. The molecule has 23 heavy (non-hydrogen) atoms. The van der Waals surface area contributed by atoms with Gasteiger partial charge in [0.25, 0.3) is 0 Å². The molecule has 0 aliphatic carbocycles. The van der Waals surface area contributed by atoms with Gasteiger partial charge in [0.2, 0.25) is 0 Å². The normalized spacial score (nSPS) is 20.6. The number of hydrogen-bond acceptors (Lipinski definition) is 6. The summed E-state index contributed by atoms with van der Waals surface area (Å²) in [7, 11) is 1.63. The zero-order chi connectivity index (χ0) is 16.1. The summed E-state index contributed by atoms with van der Waals surface area (Å²) >= 11 is 0. The predicted octanol–water partition coefficient (Wildman–Crippen LogP) is 0.868. The number of ketones is 1. The van der Waals surface area contributed by atoms with E-state index >= 15 is 0 Å². The molecule has 2 fully saturated rings. The summed E-state index contributed by atoms with van der Waals surface area (Å²) in [6.45, 7) is 5.84. The van der Waals surface area contributed by atoms with Crippen LogP contribution in [0.3, 0.4) is 0 Å². The first-order chi connectivity index (χ1) is 11.3. The third-order valence-corrected chi connectivity index (χ3v) is 4.39. The van der Waals surface area contributed by atoms with Gasteiger partial charge < -0.3 is 14.2 Å². The fraction of sp³-hybridized carbons (Fsp3) is 0.588. The topological polar surface area (TPSA) is 51.2 Å². The molecule has 0 bridgehead atoms. The Morgan fingerprint density at radius 3 is 1.87 bits per heavy atom. The maximum Gasteiger partial charge on any atom is 0.194 e. The molecular weight excluding hydrogens is 296 g/mol. The highest BCUT2D eigenvalue weighted by molar-refractivity contribution is 6.00. The molecule has 0 atom stereocenters. The van der Waals surface area contributed by atoms with Crippen LogP contribution in [-0.2, 0) is 9.47 Å². The van der Waals surface area contributed by atoms with Gasteiger partial charge in [0.1, 0.15) is 11.9 Å². The van der Waals surface area contributed by atoms with Gasteiger partial charge in [-0.15, -0.1) is 0 Å². The van der Waals surface area contributed by atoms with Crippen LogP contribution in [0.2, 0.25) is 0 Å². The minimum Gasteiger partial charge on any atom is -0.497 e. The number of Topliss-reactive ketones (excluding diaryl/α,β-unsaturated/α-hetero) is 1. The first-order valence-corrected chi connectivity index (χ1v) is 8.11. The van der Waals surface area contributed by atoms with E-state index in [2.05, 4.69) is 9.80 Å². The zero-order valence-corrected chi connectivity index (χ0v) is 13.6. The highest BCUT2D eigenvalue weighted by Crippen LogP contribution is 2.19. The largest absolute Gasteiger partial charge is 0.497 e. The first kappa shape index (κ1) is 16.4. The molecule has 0 saturated carbocycles. The van der Waals surface area contributed by atoms with Crippen molar-refractivity contribution in [2.45, 2.75) is 6.17 Å². The molecule has 2 heterocycles. The van der Waals surface area contributed by atoms with E-state index in [1.807, 2.05) is 24.3 Å². The van der Waals surface area contributed by atoms with Crippen LogP contribution in [0.25, 0.3) is 0 Å². The number of carbonyl (C=O) groups excluding carboxylic acids is 1. The molecule has 0 aromatic heterocycles. The standard InChI is InChI=1S/C17H24N2O4/c1-21-15-4-2-14(3-5-15)16(20)17(18-6-10-22-11-7-18)19-8-12-23-13-9-19/h2-5,17H,6-13H2,1H3. The summed E-state index contributed by atoms with van der Waals surface area (Å²) in [6.07, 6.45) is -0.240. The van der Waals surface area contributed by atoms with E-state index in [-0.39, 0.29) is 11.9 Å². The Morgan fingerprint density at radius 1 is 0.957 bits per heavy atom. The molecule has 2 saturated heterocycles. The average Bonchev–Trinajstić information content (AvgIpc) is 2.64. The van der Waals surface area contributed by atoms with Crippen molar-refractivity contribution in [1.82, 2.24) is 9.80 Å². The highest BCUT2D eigenvalue weighted by atomic mass is 16.5. The Balaban J connectivity index is 1.81. The number of benzene rings is 1. The third kappa shape index (κ3) is 3.90. The van der Waals surface area contributed by atoms with E-state index in [9.17, 15) is 4.79 Å². The van der Waals surface area contributed by atoms with Crippen LogP contribution in [0.15, 0.2) is 24.3 Å². The van der Waals surface area contributed by atoms with E-state index in [0.717, 1.165) is 31.9 Å². The monoisotopic (exact) mass is 320 g/mol. The molecule has 0 unspecified atom stereocenters. The van der Waals surface area contributed by atoms with Gasteiger partial charge in [-0.05, 0) is 24.3 Å². The van der Waals surface area contributed by atoms with Crippen molar-refractivity contribution in [1.29, 1.82) is 0 Å². The quantitative estimate of drug-likeness (QED) is 0.751. The molecular formula is C17H24N2O4. The summed E-state index contributed by atoms with van der Waals surface area (Å²) in [6, 6.07) is 7.36. The van der Waals surface area contributed by atoms with Gasteiger partial charge in [0, 0.05) is 31.7 Å². The molecule has 1 aromatic rings. The second-order valence-electron chi connectivity index (χ2n) is 5.76. The molecule has 1 aromatic carbocycles. The molecule has 6 nitrogen and oxygen atoms in total. The number of ether oxygens (including phenoxy) is 3. The second kappa shape index (κ2) is 7.88. The van der Waals surface area contributed by atoms with E-state index < -0.39 is 0 Å². The van der Waals surface area contributed by atoms with Crippen LogP contribution in [0.5, 0.6) is 5.75 Å². The molecule has 0 radical (unpaired) electrons. The van der Waals surface area contributed by atoms with Gasteiger partial charge in [-0.3, -0.25) is 14.6 Å². The Kier molecular flexibility index (Phi) is 5.61. The zero-order valence-electron chi connectivity index (χ0n) is 13.6. The first-order valence-electron chi connectivity index (χ1n) is 8.11. The molecule has 2 aliphatic rings. The number of hydrogen-bond donors (Lipinski definition) is 0. The van der Waals surface area contributed by atoms with Crippen LogP contribution in [0.1, 0.15) is 10.4 Å². The fourth-order valence-corrected chi connectivity index (χ4v) is 3.11. The van der Waals surface area contributed by atoms with E-state index in [1.54, 1.807) is 7.11 Å². The molecule has 126 valence electrons. The van der Waals surface area contributed by atoms with E-state index in [1.165, 1.54) is 0 Å². The van der Waals surface area contributed by atoms with Crippen molar-refractivity contribution in [2.75, 3.05) is 59.7 Å². The van der Waals surface area contributed by atoms with Crippen LogP contribution >= 0.6 is 0 Å². The highest BCUT2D eigenvalue weighted by Gasteiger charge is 2.34. The summed E-state index contributed by atoms with van der Waals surface area (Å²) < 4.78 is 16.1. The fourth-order valence-electron chi connectivity index (χ4n) is 3.11. The number of methoxy groups -OCH3 is 1. The lowest BCUT2D eigenvalue weighted by atomic mass is 10.1. The van der Waals surface area contributed by atoms with Crippen LogP contribution in [0.4, 0.5) is 0 Å². The molecule has 2 aliphatic heterocycles. The SMILES string of the molecule is COc1ccc(C(=O)C(N2CCOCC2)N2CCOCC2)cc1. The lowest BCUT2D eigenvalue weighted by molar-refractivity contribution is -0.0537. The Morgan fingerprint density at radius 2 is 1.43 bits per heavy atom. The van der Waals surface area contributed by atoms with Crippen LogP contribution in [-0.4, -0.2) is 81.5 Å². The summed E-state index contributed by atoms with van der Waals surface area (Å²) in [5, 5.41) is 0. The van der Waals surface area contributed by atoms with Crippen molar-refractivity contribution < 1.29 is 19.0 Å². The summed E-state index contributed by atoms with van der Waals surface area (Å²) in [4.78, 5) is 17.6. The van der Waals surface area contributed by atoms with Crippen LogP contribution < -0.4 is 4.74 Å². The van der Waals surface area contributed by atoms with Crippen LogP contribution in [0, 0.1) is 0 Å². The molecule has 6 heteroatoms. The minimum atomic E-state index is -0.240. The molecule has 3 rings (SSSR count). The van der Waals surface area contributed by atoms with Gasteiger partial charge in [0.05, 0.1) is 33.5 Å². The van der Waals surface area contributed by atoms with Gasteiger partial charge in [-0.2, -0.15) is 0 Å². The molecule has 0 spiro atoms. The Hall–Kier alpha value is -1.47. The average molecular weight is 320 g/mol. The Bertz CT molecular complexity index is 490. The van der Waals surface area contributed by atoms with Crippen molar-refractivity contribution in [3.63, 3.8) is 0 Å². The minimum absolute atomic E-state index is 0.136. The lowest BCUT2D eigenvalue weighted by Crippen LogP contribution is -2.58. The third-order valence-electron chi connectivity index (χ3n) is 4.39. The van der Waals surface area contributed by atoms with Crippen molar-refractivity contribution in [3.05, 3.63) is 29.8 Å². The second-order valence-corrected chi connectivity index (χ2v) is 5.76.